The normalized spacial score (nSPS) is 35.5. The molecule has 0 aromatic heterocycles. The van der Waals surface area contributed by atoms with E-state index in [1.54, 1.807) is 0 Å². The van der Waals surface area contributed by atoms with Crippen molar-refractivity contribution in [2.24, 2.45) is 29.1 Å². The van der Waals surface area contributed by atoms with Crippen molar-refractivity contribution in [2.75, 3.05) is 52.4 Å². The van der Waals surface area contributed by atoms with Crippen molar-refractivity contribution in [3.63, 3.8) is 0 Å². The Hall–Kier alpha value is -0.120. The number of piperazine rings is 1. The zero-order valence-corrected chi connectivity index (χ0v) is 17.9. The molecule has 4 fully saturated rings. The minimum atomic E-state index is 0.716. The van der Waals surface area contributed by atoms with E-state index in [4.69, 9.17) is 0 Å². The van der Waals surface area contributed by atoms with Crippen molar-refractivity contribution in [1.29, 1.82) is 0 Å². The molecule has 3 heteroatoms. The third-order valence-electron chi connectivity index (χ3n) is 8.07. The van der Waals surface area contributed by atoms with Gasteiger partial charge in [0.1, 0.15) is 0 Å². The largest absolute Gasteiger partial charge is 0.302 e. The van der Waals surface area contributed by atoms with Gasteiger partial charge in [-0.1, -0.05) is 13.8 Å². The second-order valence-electron chi connectivity index (χ2n) is 11.0. The fourth-order valence-corrected chi connectivity index (χ4v) is 6.56. The van der Waals surface area contributed by atoms with Crippen LogP contribution in [-0.2, 0) is 0 Å². The van der Waals surface area contributed by atoms with E-state index in [1.807, 2.05) is 0 Å². The van der Waals surface area contributed by atoms with E-state index in [0.717, 1.165) is 29.7 Å². The van der Waals surface area contributed by atoms with Crippen LogP contribution in [0.1, 0.15) is 59.8 Å². The summed E-state index contributed by atoms with van der Waals surface area (Å²) in [5.41, 5.74) is 0.716. The first-order valence-corrected chi connectivity index (χ1v) is 11.6. The monoisotopic (exact) mass is 361 g/mol. The minimum absolute atomic E-state index is 0.716. The first kappa shape index (κ1) is 19.2. The zero-order chi connectivity index (χ0) is 18.3. The number of piperidine rings is 1. The van der Waals surface area contributed by atoms with Crippen LogP contribution in [-0.4, -0.2) is 73.1 Å². The van der Waals surface area contributed by atoms with Gasteiger partial charge in [0.25, 0.3) is 0 Å². The Morgan fingerprint density at radius 1 is 0.846 bits per heavy atom. The van der Waals surface area contributed by atoms with Gasteiger partial charge in [-0.05, 0) is 75.0 Å². The third kappa shape index (κ3) is 4.31. The molecule has 3 nitrogen and oxygen atoms in total. The lowest BCUT2D eigenvalue weighted by molar-refractivity contribution is 0.0416. The summed E-state index contributed by atoms with van der Waals surface area (Å²) < 4.78 is 0. The molecule has 2 aliphatic heterocycles. The standard InChI is InChI=1S/C23H43N3/c1-18(2)13-23(7-8-23)17-25-14-20-5-6-21(15-25)22(20)16-24-9-11-26(12-10-24)19(3)4/h18-22H,5-17H2,1-4H3/t20-,21+,22+. The van der Waals surface area contributed by atoms with Crippen LogP contribution in [0, 0.1) is 29.1 Å². The van der Waals surface area contributed by atoms with Gasteiger partial charge in [0, 0.05) is 58.4 Å². The van der Waals surface area contributed by atoms with Crippen molar-refractivity contribution in [2.45, 2.75) is 65.8 Å². The fourth-order valence-electron chi connectivity index (χ4n) is 6.56. The Balaban J connectivity index is 1.27. The Morgan fingerprint density at radius 3 is 1.96 bits per heavy atom. The maximum Gasteiger partial charge on any atom is 0.0113 e. The van der Waals surface area contributed by atoms with Crippen LogP contribution < -0.4 is 0 Å². The smallest absolute Gasteiger partial charge is 0.0113 e. The van der Waals surface area contributed by atoms with Gasteiger partial charge < -0.3 is 9.80 Å². The highest BCUT2D eigenvalue weighted by molar-refractivity contribution is 5.00. The van der Waals surface area contributed by atoms with Crippen molar-refractivity contribution in [3.8, 4) is 0 Å². The van der Waals surface area contributed by atoms with Crippen LogP contribution in [0.3, 0.4) is 0 Å². The first-order valence-electron chi connectivity index (χ1n) is 11.6. The number of rotatable bonds is 7. The van der Waals surface area contributed by atoms with Gasteiger partial charge in [0.05, 0.1) is 0 Å². The fraction of sp³-hybridized carbons (Fsp3) is 1.00. The van der Waals surface area contributed by atoms with Crippen molar-refractivity contribution in [3.05, 3.63) is 0 Å². The van der Waals surface area contributed by atoms with E-state index in [2.05, 4.69) is 42.4 Å². The molecular weight excluding hydrogens is 318 g/mol. The molecule has 150 valence electrons. The van der Waals surface area contributed by atoms with Gasteiger partial charge in [-0.3, -0.25) is 4.90 Å². The van der Waals surface area contributed by atoms with Crippen molar-refractivity contribution in [1.82, 2.24) is 14.7 Å². The van der Waals surface area contributed by atoms with Crippen LogP contribution in [0.25, 0.3) is 0 Å². The molecule has 2 aliphatic carbocycles. The lowest BCUT2D eigenvalue weighted by atomic mass is 9.83. The highest BCUT2D eigenvalue weighted by Crippen LogP contribution is 2.52. The molecule has 2 bridgehead atoms. The molecule has 2 saturated carbocycles. The van der Waals surface area contributed by atoms with Gasteiger partial charge >= 0.3 is 0 Å². The lowest BCUT2D eigenvalue weighted by Gasteiger charge is -2.43. The first-order chi connectivity index (χ1) is 12.4. The molecule has 4 aliphatic rings. The van der Waals surface area contributed by atoms with Gasteiger partial charge in [-0.2, -0.15) is 0 Å². The molecule has 0 N–H and O–H groups in total. The van der Waals surface area contributed by atoms with Gasteiger partial charge in [0.2, 0.25) is 0 Å². The van der Waals surface area contributed by atoms with Crippen LogP contribution >= 0.6 is 0 Å². The summed E-state index contributed by atoms with van der Waals surface area (Å²) in [6.07, 6.45) is 7.48. The highest BCUT2D eigenvalue weighted by atomic mass is 15.3. The topological polar surface area (TPSA) is 9.72 Å². The van der Waals surface area contributed by atoms with Gasteiger partial charge in [-0.15, -0.1) is 0 Å². The Labute approximate surface area is 162 Å². The quantitative estimate of drug-likeness (QED) is 0.683. The molecule has 0 amide bonds. The van der Waals surface area contributed by atoms with Gasteiger partial charge in [0.15, 0.2) is 0 Å². The SMILES string of the molecule is CC(C)CC1(CN2C[C@H]3CC[C@@H](C2)[C@H]3CN2CCN(C(C)C)CC2)CC1. The molecule has 3 atom stereocenters. The predicted molar refractivity (Wildman–Crippen MR) is 110 cm³/mol. The molecule has 0 unspecified atom stereocenters. The summed E-state index contributed by atoms with van der Waals surface area (Å²) in [6.45, 7) is 20.3. The molecule has 2 heterocycles. The van der Waals surface area contributed by atoms with E-state index in [0.29, 0.717) is 5.41 Å². The van der Waals surface area contributed by atoms with Crippen LogP contribution in [0.5, 0.6) is 0 Å². The maximum atomic E-state index is 2.89. The predicted octanol–water partition coefficient (Wildman–Crippen LogP) is 3.80. The van der Waals surface area contributed by atoms with E-state index < -0.39 is 0 Å². The number of hydrogen-bond donors (Lipinski definition) is 0. The second kappa shape index (κ2) is 7.72. The molecular formula is C23H43N3. The summed E-state index contributed by atoms with van der Waals surface area (Å²) in [6, 6.07) is 0.720. The summed E-state index contributed by atoms with van der Waals surface area (Å²) >= 11 is 0. The summed E-state index contributed by atoms with van der Waals surface area (Å²) in [5.74, 6) is 3.85. The Morgan fingerprint density at radius 2 is 1.46 bits per heavy atom. The summed E-state index contributed by atoms with van der Waals surface area (Å²) in [5, 5.41) is 0. The summed E-state index contributed by atoms with van der Waals surface area (Å²) in [4.78, 5) is 8.34. The third-order valence-corrected chi connectivity index (χ3v) is 8.07. The number of likely N-dealkylation sites (tertiary alicyclic amines) is 1. The number of fused-ring (bicyclic) bond motifs is 2. The molecule has 0 spiro atoms. The van der Waals surface area contributed by atoms with Crippen molar-refractivity contribution < 1.29 is 0 Å². The molecule has 0 aromatic rings. The van der Waals surface area contributed by atoms with Crippen LogP contribution in [0.15, 0.2) is 0 Å². The van der Waals surface area contributed by atoms with E-state index >= 15 is 0 Å². The molecule has 0 radical (unpaired) electrons. The van der Waals surface area contributed by atoms with E-state index in [9.17, 15) is 0 Å². The summed E-state index contributed by atoms with van der Waals surface area (Å²) in [7, 11) is 0. The average Bonchev–Trinajstić information content (AvgIpc) is 3.28. The second-order valence-corrected chi connectivity index (χ2v) is 11.0. The molecule has 26 heavy (non-hydrogen) atoms. The maximum absolute atomic E-state index is 2.89. The Kier molecular flexibility index (Phi) is 5.70. The van der Waals surface area contributed by atoms with Crippen molar-refractivity contribution >= 4 is 0 Å². The van der Waals surface area contributed by atoms with Gasteiger partial charge in [-0.25, -0.2) is 0 Å². The average molecular weight is 362 g/mol. The molecule has 0 aromatic carbocycles. The lowest BCUT2D eigenvalue weighted by Crippen LogP contribution is -2.52. The molecule has 2 saturated heterocycles. The van der Waals surface area contributed by atoms with Crippen LogP contribution in [0.2, 0.25) is 0 Å². The number of nitrogens with zero attached hydrogens (tertiary/aromatic N) is 3. The van der Waals surface area contributed by atoms with E-state index in [-0.39, 0.29) is 0 Å². The van der Waals surface area contributed by atoms with E-state index in [1.165, 1.54) is 84.5 Å². The molecule has 4 rings (SSSR count). The Bertz CT molecular complexity index is 448. The zero-order valence-electron chi connectivity index (χ0n) is 17.9. The highest BCUT2D eigenvalue weighted by Gasteiger charge is 2.48. The minimum Gasteiger partial charge on any atom is -0.302 e. The number of hydrogen-bond acceptors (Lipinski definition) is 3. The van der Waals surface area contributed by atoms with Crippen LogP contribution in [0.4, 0.5) is 0 Å².